The van der Waals surface area contributed by atoms with E-state index in [1.807, 2.05) is 6.07 Å². The lowest BCUT2D eigenvalue weighted by atomic mass is 9.67. The van der Waals surface area contributed by atoms with Crippen LogP contribution in [0.25, 0.3) is 0 Å². The van der Waals surface area contributed by atoms with E-state index in [0.717, 1.165) is 49.4 Å². The third-order valence-electron chi connectivity index (χ3n) is 9.27. The van der Waals surface area contributed by atoms with Crippen LogP contribution in [0.3, 0.4) is 0 Å². The van der Waals surface area contributed by atoms with Crippen LogP contribution in [0, 0.1) is 48.1 Å². The van der Waals surface area contributed by atoms with E-state index < -0.39 is 11.6 Å². The molecule has 178 valence electrons. The Kier molecular flexibility index (Phi) is 8.46. The molecule has 3 aliphatic rings. The molecule has 2 atom stereocenters. The Morgan fingerprint density at radius 1 is 0.719 bits per heavy atom. The fourth-order valence-electron chi connectivity index (χ4n) is 7.07. The molecule has 0 spiro atoms. The van der Waals surface area contributed by atoms with Gasteiger partial charge < -0.3 is 0 Å². The lowest BCUT2D eigenvalue weighted by Crippen LogP contribution is -2.26. The average molecular weight is 443 g/mol. The van der Waals surface area contributed by atoms with Crippen molar-refractivity contribution in [3.05, 3.63) is 47.0 Å². The molecule has 3 aliphatic carbocycles. The molecule has 0 aromatic heterocycles. The first kappa shape index (κ1) is 24.0. The highest BCUT2D eigenvalue weighted by molar-refractivity contribution is 5.28. The zero-order valence-corrected chi connectivity index (χ0v) is 20.4. The molecule has 2 fully saturated rings. The Hall–Kier alpha value is -1.18. The SMILES string of the molecule is CCCCCC1CCC(C2C=CC(C3CCC(c4ccc(C)c(F)c4F)CC3)CC2)CC1. The summed E-state index contributed by atoms with van der Waals surface area (Å²) in [5.74, 6) is 3.10. The molecule has 0 aliphatic heterocycles. The first-order valence-corrected chi connectivity index (χ1v) is 13.7. The molecule has 1 aromatic rings. The van der Waals surface area contributed by atoms with Gasteiger partial charge in [-0.2, -0.15) is 0 Å². The number of halogens is 2. The minimum Gasteiger partial charge on any atom is -0.203 e. The molecule has 2 heteroatoms. The Morgan fingerprint density at radius 3 is 1.88 bits per heavy atom. The third kappa shape index (κ3) is 5.65. The number of unbranched alkanes of at least 4 members (excludes halogenated alkanes) is 2. The molecule has 0 N–H and O–H groups in total. The van der Waals surface area contributed by atoms with Crippen LogP contribution in [0.2, 0.25) is 0 Å². The van der Waals surface area contributed by atoms with E-state index in [4.69, 9.17) is 0 Å². The van der Waals surface area contributed by atoms with Crippen molar-refractivity contribution in [3.8, 4) is 0 Å². The van der Waals surface area contributed by atoms with Gasteiger partial charge in [0, 0.05) is 0 Å². The van der Waals surface area contributed by atoms with Crippen molar-refractivity contribution in [2.75, 3.05) is 0 Å². The Balaban J connectivity index is 1.23. The highest BCUT2D eigenvalue weighted by Gasteiger charge is 2.33. The summed E-state index contributed by atoms with van der Waals surface area (Å²) in [4.78, 5) is 0. The molecule has 2 unspecified atom stereocenters. The lowest BCUT2D eigenvalue weighted by Gasteiger charge is -2.38. The second-order valence-corrected chi connectivity index (χ2v) is 11.3. The second-order valence-electron chi connectivity index (χ2n) is 11.3. The van der Waals surface area contributed by atoms with E-state index in [1.165, 1.54) is 64.2 Å². The summed E-state index contributed by atoms with van der Waals surface area (Å²) in [6.45, 7) is 3.94. The molecular formula is C30H44F2. The van der Waals surface area contributed by atoms with E-state index in [0.29, 0.717) is 17.0 Å². The molecule has 0 amide bonds. The maximum Gasteiger partial charge on any atom is 0.162 e. The molecular weight excluding hydrogens is 398 g/mol. The maximum absolute atomic E-state index is 14.4. The topological polar surface area (TPSA) is 0 Å². The zero-order chi connectivity index (χ0) is 22.5. The highest BCUT2D eigenvalue weighted by Crippen LogP contribution is 2.45. The molecule has 0 nitrogen and oxygen atoms in total. The molecule has 0 radical (unpaired) electrons. The number of hydrogen-bond acceptors (Lipinski definition) is 0. The van der Waals surface area contributed by atoms with E-state index in [2.05, 4.69) is 19.1 Å². The molecule has 0 bridgehead atoms. The maximum atomic E-state index is 14.4. The third-order valence-corrected chi connectivity index (χ3v) is 9.27. The fraction of sp³-hybridized carbons (Fsp3) is 0.733. The summed E-state index contributed by atoms with van der Waals surface area (Å²) in [5, 5.41) is 0. The normalized spacial score (nSPS) is 33.4. The minimum absolute atomic E-state index is 0.189. The molecule has 0 heterocycles. The predicted octanol–water partition coefficient (Wildman–Crippen LogP) is 9.52. The van der Waals surface area contributed by atoms with E-state index in [9.17, 15) is 8.78 Å². The first-order chi connectivity index (χ1) is 15.6. The summed E-state index contributed by atoms with van der Waals surface area (Å²) in [7, 11) is 0. The van der Waals surface area contributed by atoms with Gasteiger partial charge in [-0.3, -0.25) is 0 Å². The molecule has 2 saturated carbocycles. The van der Waals surface area contributed by atoms with Crippen LogP contribution in [0.4, 0.5) is 8.78 Å². The molecule has 32 heavy (non-hydrogen) atoms. The van der Waals surface area contributed by atoms with Crippen molar-refractivity contribution in [2.45, 2.75) is 110 Å². The summed E-state index contributed by atoms with van der Waals surface area (Å²) in [6.07, 6.45) is 23.6. The Bertz CT molecular complexity index is 750. The van der Waals surface area contributed by atoms with Crippen LogP contribution in [-0.2, 0) is 0 Å². The van der Waals surface area contributed by atoms with Crippen molar-refractivity contribution in [1.29, 1.82) is 0 Å². The fourth-order valence-corrected chi connectivity index (χ4v) is 7.07. The van der Waals surface area contributed by atoms with Gasteiger partial charge in [0.15, 0.2) is 11.6 Å². The van der Waals surface area contributed by atoms with Crippen LogP contribution < -0.4 is 0 Å². The van der Waals surface area contributed by atoms with Crippen molar-refractivity contribution in [3.63, 3.8) is 0 Å². The largest absolute Gasteiger partial charge is 0.203 e. The van der Waals surface area contributed by atoms with E-state index in [-0.39, 0.29) is 5.92 Å². The van der Waals surface area contributed by atoms with Gasteiger partial charge >= 0.3 is 0 Å². The Morgan fingerprint density at radius 2 is 1.31 bits per heavy atom. The number of aryl methyl sites for hydroxylation is 1. The molecule has 0 saturated heterocycles. The highest BCUT2D eigenvalue weighted by atomic mass is 19.2. The van der Waals surface area contributed by atoms with Crippen molar-refractivity contribution in [2.24, 2.45) is 29.6 Å². The first-order valence-electron chi connectivity index (χ1n) is 13.7. The minimum atomic E-state index is -0.652. The molecule has 4 rings (SSSR count). The monoisotopic (exact) mass is 442 g/mol. The van der Waals surface area contributed by atoms with E-state index >= 15 is 0 Å². The van der Waals surface area contributed by atoms with Gasteiger partial charge in [0.05, 0.1) is 0 Å². The van der Waals surface area contributed by atoms with Crippen molar-refractivity contribution in [1.82, 2.24) is 0 Å². The van der Waals surface area contributed by atoms with Crippen LogP contribution in [0.1, 0.15) is 114 Å². The van der Waals surface area contributed by atoms with Crippen LogP contribution in [0.15, 0.2) is 24.3 Å². The lowest BCUT2D eigenvalue weighted by molar-refractivity contribution is 0.185. The van der Waals surface area contributed by atoms with Crippen LogP contribution in [0.5, 0.6) is 0 Å². The van der Waals surface area contributed by atoms with E-state index in [1.54, 1.807) is 13.0 Å². The number of benzene rings is 1. The van der Waals surface area contributed by atoms with Crippen molar-refractivity contribution >= 4 is 0 Å². The van der Waals surface area contributed by atoms with Gasteiger partial charge in [-0.15, -0.1) is 0 Å². The Labute approximate surface area is 195 Å². The van der Waals surface area contributed by atoms with Gasteiger partial charge in [-0.05, 0) is 105 Å². The second kappa shape index (κ2) is 11.3. The summed E-state index contributed by atoms with van der Waals surface area (Å²) >= 11 is 0. The zero-order valence-electron chi connectivity index (χ0n) is 20.4. The summed E-state index contributed by atoms with van der Waals surface area (Å²) < 4.78 is 28.4. The van der Waals surface area contributed by atoms with Gasteiger partial charge in [-0.25, -0.2) is 8.78 Å². The number of rotatable bonds is 7. The van der Waals surface area contributed by atoms with Gasteiger partial charge in [-0.1, -0.05) is 69.7 Å². The van der Waals surface area contributed by atoms with Gasteiger partial charge in [0.1, 0.15) is 0 Å². The number of allylic oxidation sites excluding steroid dienone is 2. The number of hydrogen-bond donors (Lipinski definition) is 0. The van der Waals surface area contributed by atoms with Crippen LogP contribution in [-0.4, -0.2) is 0 Å². The quantitative estimate of drug-likeness (QED) is 0.291. The van der Waals surface area contributed by atoms with Crippen LogP contribution >= 0.6 is 0 Å². The average Bonchev–Trinajstić information content (AvgIpc) is 2.84. The molecule has 1 aromatic carbocycles. The van der Waals surface area contributed by atoms with Gasteiger partial charge in [0.25, 0.3) is 0 Å². The summed E-state index contributed by atoms with van der Waals surface area (Å²) in [5.41, 5.74) is 1.02. The predicted molar refractivity (Wildman–Crippen MR) is 131 cm³/mol. The van der Waals surface area contributed by atoms with Gasteiger partial charge in [0.2, 0.25) is 0 Å². The van der Waals surface area contributed by atoms with Crippen molar-refractivity contribution < 1.29 is 8.78 Å². The standard InChI is InChI=1S/C30H44F2/c1-3-4-5-6-22-8-10-23(11-9-22)24-12-14-25(15-13-24)26-16-18-27(19-17-26)28-20-7-21(2)29(31)30(28)32/h7,12,14,20,22-27H,3-6,8-11,13,15-19H2,1-2H3. The smallest absolute Gasteiger partial charge is 0.162 e. The summed E-state index contributed by atoms with van der Waals surface area (Å²) in [6, 6.07) is 3.56.